The van der Waals surface area contributed by atoms with E-state index in [0.29, 0.717) is 10.6 Å². The molecule has 2 aromatic carbocycles. The number of hydrogen-bond acceptors (Lipinski definition) is 3. The van der Waals surface area contributed by atoms with E-state index in [9.17, 15) is 4.79 Å². The zero-order valence-corrected chi connectivity index (χ0v) is 11.3. The quantitative estimate of drug-likeness (QED) is 0.803. The van der Waals surface area contributed by atoms with E-state index in [2.05, 4.69) is 0 Å². The van der Waals surface area contributed by atoms with E-state index < -0.39 is 0 Å². The molecule has 0 radical (unpaired) electrons. The van der Waals surface area contributed by atoms with Crippen LogP contribution in [0.15, 0.2) is 58.3 Å². The summed E-state index contributed by atoms with van der Waals surface area (Å²) < 4.78 is 0. The molecule has 0 fully saturated rings. The fourth-order valence-corrected chi connectivity index (χ4v) is 3.27. The van der Waals surface area contributed by atoms with Crippen molar-refractivity contribution in [2.75, 3.05) is 0 Å². The molecule has 0 amide bonds. The molecule has 0 unspecified atom stereocenters. The molecule has 1 aliphatic heterocycles. The molecule has 3 rings (SSSR count). The average molecular weight is 267 g/mol. The van der Waals surface area contributed by atoms with Gasteiger partial charge in [-0.15, -0.1) is 0 Å². The molecule has 1 heterocycles. The number of allylic oxidation sites excluding steroid dienone is 1. The number of thioether (sulfide) groups is 1. The van der Waals surface area contributed by atoms with Crippen molar-refractivity contribution in [2.24, 2.45) is 5.73 Å². The van der Waals surface area contributed by atoms with Gasteiger partial charge in [0.25, 0.3) is 0 Å². The molecule has 0 atom stereocenters. The number of nitrogens with two attached hydrogens (primary N) is 1. The van der Waals surface area contributed by atoms with Gasteiger partial charge in [0, 0.05) is 10.5 Å². The van der Waals surface area contributed by atoms with E-state index in [1.165, 1.54) is 11.8 Å². The molecule has 19 heavy (non-hydrogen) atoms. The van der Waals surface area contributed by atoms with Gasteiger partial charge in [0.05, 0.1) is 10.6 Å². The minimum absolute atomic E-state index is 0.0290. The summed E-state index contributed by atoms with van der Waals surface area (Å²) in [6.45, 7) is 2.02. The van der Waals surface area contributed by atoms with Crippen molar-refractivity contribution in [2.45, 2.75) is 11.8 Å². The smallest absolute Gasteiger partial charge is 0.202 e. The van der Waals surface area contributed by atoms with Gasteiger partial charge >= 0.3 is 0 Å². The van der Waals surface area contributed by atoms with Gasteiger partial charge in [-0.25, -0.2) is 0 Å². The summed E-state index contributed by atoms with van der Waals surface area (Å²) in [5.74, 6) is 0.0290. The molecule has 0 saturated carbocycles. The van der Waals surface area contributed by atoms with Crippen molar-refractivity contribution in [3.63, 3.8) is 0 Å². The van der Waals surface area contributed by atoms with Gasteiger partial charge in [-0.05, 0) is 30.2 Å². The number of fused-ring (bicyclic) bond motifs is 1. The number of benzene rings is 2. The Morgan fingerprint density at radius 2 is 1.84 bits per heavy atom. The van der Waals surface area contributed by atoms with Gasteiger partial charge < -0.3 is 5.73 Å². The molecule has 0 aromatic heterocycles. The van der Waals surface area contributed by atoms with Gasteiger partial charge in [0.1, 0.15) is 0 Å². The predicted molar refractivity (Wildman–Crippen MR) is 78.9 cm³/mol. The Kier molecular flexibility index (Phi) is 2.91. The Hall–Kier alpha value is -2.00. The topological polar surface area (TPSA) is 43.1 Å². The zero-order chi connectivity index (χ0) is 13.4. The standard InChI is InChI=1S/C16H13NOS/c1-10-7-8-12-13(9-10)19-16(15(12)18)14(17)11-5-3-2-4-6-11/h2-9H,17H2,1H3/b16-14+. The van der Waals surface area contributed by atoms with Gasteiger partial charge in [-0.1, -0.05) is 48.2 Å². The predicted octanol–water partition coefficient (Wildman–Crippen LogP) is 3.61. The lowest BCUT2D eigenvalue weighted by Crippen LogP contribution is -2.04. The van der Waals surface area contributed by atoms with E-state index in [4.69, 9.17) is 5.73 Å². The number of rotatable bonds is 1. The van der Waals surface area contributed by atoms with E-state index in [1.54, 1.807) is 0 Å². The molecule has 2 nitrogen and oxygen atoms in total. The molecule has 0 aliphatic carbocycles. The molecule has 2 N–H and O–H groups in total. The van der Waals surface area contributed by atoms with Gasteiger partial charge in [0.2, 0.25) is 5.78 Å². The Morgan fingerprint density at radius 3 is 2.58 bits per heavy atom. The maximum atomic E-state index is 12.4. The van der Waals surface area contributed by atoms with Crippen LogP contribution in [0.4, 0.5) is 0 Å². The molecule has 0 saturated heterocycles. The van der Waals surface area contributed by atoms with Gasteiger partial charge in [-0.3, -0.25) is 4.79 Å². The fourth-order valence-electron chi connectivity index (χ4n) is 2.11. The van der Waals surface area contributed by atoms with Gasteiger partial charge in [-0.2, -0.15) is 0 Å². The van der Waals surface area contributed by atoms with Crippen molar-refractivity contribution in [1.29, 1.82) is 0 Å². The van der Waals surface area contributed by atoms with Crippen LogP contribution < -0.4 is 5.73 Å². The molecule has 2 aromatic rings. The first-order chi connectivity index (χ1) is 9.16. The first kappa shape index (κ1) is 12.1. The zero-order valence-electron chi connectivity index (χ0n) is 10.5. The van der Waals surface area contributed by atoms with Crippen LogP contribution in [0.3, 0.4) is 0 Å². The summed E-state index contributed by atoms with van der Waals surface area (Å²) in [5.41, 5.74) is 9.50. The Bertz CT molecular complexity index is 689. The normalized spacial score (nSPS) is 16.4. The second-order valence-corrected chi connectivity index (χ2v) is 5.59. The molecule has 0 spiro atoms. The van der Waals surface area contributed by atoms with Crippen molar-refractivity contribution in [3.05, 3.63) is 70.1 Å². The Labute approximate surface area is 116 Å². The minimum atomic E-state index is 0.0290. The summed E-state index contributed by atoms with van der Waals surface area (Å²) in [7, 11) is 0. The summed E-state index contributed by atoms with van der Waals surface area (Å²) in [4.78, 5) is 14.0. The highest BCUT2D eigenvalue weighted by Gasteiger charge is 2.28. The minimum Gasteiger partial charge on any atom is -0.397 e. The van der Waals surface area contributed by atoms with Crippen LogP contribution in [-0.4, -0.2) is 5.78 Å². The second kappa shape index (κ2) is 4.59. The fraction of sp³-hybridized carbons (Fsp3) is 0.0625. The number of hydrogen-bond donors (Lipinski definition) is 1. The maximum absolute atomic E-state index is 12.4. The summed E-state index contributed by atoms with van der Waals surface area (Å²) in [6, 6.07) is 15.5. The van der Waals surface area contributed by atoms with Crippen molar-refractivity contribution in [3.8, 4) is 0 Å². The van der Waals surface area contributed by atoms with Crippen molar-refractivity contribution >= 4 is 23.2 Å². The van der Waals surface area contributed by atoms with Crippen LogP contribution in [0.1, 0.15) is 21.5 Å². The van der Waals surface area contributed by atoms with Gasteiger partial charge in [0.15, 0.2) is 0 Å². The van der Waals surface area contributed by atoms with Crippen LogP contribution in [0.5, 0.6) is 0 Å². The monoisotopic (exact) mass is 267 g/mol. The highest BCUT2D eigenvalue weighted by molar-refractivity contribution is 8.05. The molecule has 1 aliphatic rings. The third-order valence-corrected chi connectivity index (χ3v) is 4.30. The lowest BCUT2D eigenvalue weighted by molar-refractivity contribution is 0.104. The molecule has 0 bridgehead atoms. The lowest BCUT2D eigenvalue weighted by atomic mass is 10.1. The van der Waals surface area contributed by atoms with E-state index in [0.717, 1.165) is 21.6 Å². The molecular formula is C16H13NOS. The third kappa shape index (κ3) is 2.06. The first-order valence-electron chi connectivity index (χ1n) is 6.05. The SMILES string of the molecule is Cc1ccc2c(c1)S/C(=C(/N)c1ccccc1)C2=O. The number of carbonyl (C=O) groups excluding carboxylic acids is 1. The maximum Gasteiger partial charge on any atom is 0.202 e. The summed E-state index contributed by atoms with van der Waals surface area (Å²) >= 11 is 1.47. The average Bonchev–Trinajstić information content (AvgIpc) is 2.75. The molecule has 3 heteroatoms. The van der Waals surface area contributed by atoms with E-state index in [1.807, 2.05) is 55.5 Å². The summed E-state index contributed by atoms with van der Waals surface area (Å²) in [5, 5.41) is 0. The summed E-state index contributed by atoms with van der Waals surface area (Å²) in [6.07, 6.45) is 0. The van der Waals surface area contributed by atoms with Crippen LogP contribution in [0.25, 0.3) is 5.70 Å². The molecular weight excluding hydrogens is 254 g/mol. The number of aryl methyl sites for hydroxylation is 1. The van der Waals surface area contributed by atoms with Crippen LogP contribution in [0.2, 0.25) is 0 Å². The second-order valence-electron chi connectivity index (χ2n) is 4.54. The highest BCUT2D eigenvalue weighted by atomic mass is 32.2. The molecule has 94 valence electrons. The number of carbonyl (C=O) groups is 1. The van der Waals surface area contributed by atoms with Crippen LogP contribution in [-0.2, 0) is 0 Å². The number of ketones is 1. The third-order valence-electron chi connectivity index (χ3n) is 3.13. The Morgan fingerprint density at radius 1 is 1.11 bits per heavy atom. The van der Waals surface area contributed by atoms with Crippen molar-refractivity contribution < 1.29 is 4.79 Å². The van der Waals surface area contributed by atoms with Crippen molar-refractivity contribution in [1.82, 2.24) is 0 Å². The van der Waals surface area contributed by atoms with Crippen LogP contribution >= 0.6 is 11.8 Å². The number of Topliss-reactive ketones (excluding diaryl/α,β-unsaturated/α-hetero) is 1. The highest BCUT2D eigenvalue weighted by Crippen LogP contribution is 2.42. The lowest BCUT2D eigenvalue weighted by Gasteiger charge is -2.04. The largest absolute Gasteiger partial charge is 0.397 e. The van der Waals surface area contributed by atoms with Crippen LogP contribution in [0, 0.1) is 6.92 Å². The Balaban J connectivity index is 2.08. The van der Waals surface area contributed by atoms with E-state index in [-0.39, 0.29) is 5.78 Å². The first-order valence-corrected chi connectivity index (χ1v) is 6.87. The van der Waals surface area contributed by atoms with E-state index >= 15 is 0 Å².